The molecule has 0 bridgehead atoms. The molecule has 1 amide bonds. The third-order valence-electron chi connectivity index (χ3n) is 1.50. The molecule has 13 heavy (non-hydrogen) atoms. The first-order valence-electron chi connectivity index (χ1n) is 6.34. The molecule has 3 N–H and O–H groups in total. The Morgan fingerprint density at radius 1 is 1.69 bits per heavy atom. The molecule has 70 valence electrons. The average Bonchev–Trinajstić information content (AvgIpc) is 2.16. The number of nitrogen functional groups attached to an aromatic ring is 1. The Morgan fingerprint density at radius 3 is 3.08 bits per heavy atom. The van der Waals surface area contributed by atoms with Gasteiger partial charge in [-0.15, -0.1) is 0 Å². The Morgan fingerprint density at radius 2 is 2.46 bits per heavy atom. The number of hydrogen-bond donors (Lipinski definition) is 2. The summed E-state index contributed by atoms with van der Waals surface area (Å²) in [6, 6.07) is 2.24. The third-order valence-corrected chi connectivity index (χ3v) is 1.72. The van der Waals surface area contributed by atoms with E-state index in [0.29, 0.717) is 0 Å². The summed E-state index contributed by atoms with van der Waals surface area (Å²) in [5.41, 5.74) is 4.70. The third kappa shape index (κ3) is 1.92. The summed E-state index contributed by atoms with van der Waals surface area (Å²) in [5.74, 6) is -1.01. The number of carbonyl (C=O) groups is 1. The van der Waals surface area contributed by atoms with Gasteiger partial charge in [0.05, 0.1) is 5.56 Å². The molecular weight excluding hydrogens is 188 g/mol. The van der Waals surface area contributed by atoms with Crippen molar-refractivity contribution in [1.29, 1.82) is 0 Å². The summed E-state index contributed by atoms with van der Waals surface area (Å²) in [6.45, 7) is -5.25. The molecule has 4 heteroatoms. The Balaban J connectivity index is 3.30. The molecule has 0 atom stereocenters. The molecular formula is C9H11ClN2O. The van der Waals surface area contributed by atoms with Gasteiger partial charge in [-0.1, -0.05) is 11.6 Å². The van der Waals surface area contributed by atoms with Crippen LogP contribution in [-0.2, 0) is 0 Å². The Labute approximate surface area is 90.3 Å². The number of benzene rings is 1. The number of nitrogens with two attached hydrogens (primary N) is 1. The fraction of sp³-hybridized carbons (Fsp3) is 0.222. The second-order valence-electron chi connectivity index (χ2n) is 2.37. The predicted molar refractivity (Wildman–Crippen MR) is 54.0 cm³/mol. The molecule has 1 aromatic rings. The minimum atomic E-state index is -2.70. The van der Waals surface area contributed by atoms with E-state index in [-0.39, 0.29) is 21.8 Å². The van der Waals surface area contributed by atoms with Gasteiger partial charge in [0.2, 0.25) is 0 Å². The number of anilines is 1. The predicted octanol–water partition coefficient (Wildman–Crippen LogP) is 1.59. The highest BCUT2D eigenvalue weighted by Gasteiger charge is 2.10. The van der Waals surface area contributed by atoms with Crippen LogP contribution in [0.1, 0.15) is 24.1 Å². The van der Waals surface area contributed by atoms with E-state index in [0.717, 1.165) is 12.1 Å². The number of halogens is 1. The van der Waals surface area contributed by atoms with E-state index in [1.54, 1.807) is 5.32 Å². The van der Waals surface area contributed by atoms with Crippen LogP contribution in [0.5, 0.6) is 0 Å². The molecule has 0 aromatic heterocycles. The molecule has 1 rings (SSSR count). The number of nitrogens with one attached hydrogen (secondary N) is 1. The first kappa shape index (κ1) is 4.33. The molecule has 0 saturated carbocycles. The zero-order chi connectivity index (χ0) is 15.0. The van der Waals surface area contributed by atoms with E-state index < -0.39 is 19.7 Å². The smallest absolute Gasteiger partial charge is 0.253 e. The van der Waals surface area contributed by atoms with Crippen molar-refractivity contribution >= 4 is 23.2 Å². The number of aryl methyl sites for hydroxylation is 1. The zero-order valence-corrected chi connectivity index (χ0v) is 7.27. The summed E-state index contributed by atoms with van der Waals surface area (Å²) in [4.78, 5) is 11.7. The molecule has 1 aromatic carbocycles. The van der Waals surface area contributed by atoms with Crippen LogP contribution in [0.4, 0.5) is 5.69 Å². The maximum atomic E-state index is 11.7. The quantitative estimate of drug-likeness (QED) is 0.683. The highest BCUT2D eigenvalue weighted by atomic mass is 35.5. The second kappa shape index (κ2) is 3.66. The zero-order valence-electron chi connectivity index (χ0n) is 12.5. The molecule has 0 fully saturated rings. The van der Waals surface area contributed by atoms with E-state index in [2.05, 4.69) is 0 Å². The van der Waals surface area contributed by atoms with Crippen LogP contribution in [0.25, 0.3) is 0 Å². The van der Waals surface area contributed by atoms with E-state index in [9.17, 15) is 4.79 Å². The van der Waals surface area contributed by atoms with Gasteiger partial charge in [-0.3, -0.25) is 4.79 Å². The summed E-state index contributed by atoms with van der Waals surface area (Å²) in [5, 5.41) is 1.70. The van der Waals surface area contributed by atoms with Gasteiger partial charge in [0.25, 0.3) is 5.91 Å². The Bertz CT molecular complexity index is 511. The number of rotatable bonds is 1. The van der Waals surface area contributed by atoms with E-state index in [4.69, 9.17) is 25.6 Å². The standard InChI is InChI=1S/C9H11ClN2O/c1-5-3-6(10)4-7(8(5)11)9(13)12-2/h3-4H,11H2,1-2H3,(H,12,13)/i1D3,2D3. The molecule has 0 unspecified atom stereocenters. The highest BCUT2D eigenvalue weighted by Crippen LogP contribution is 2.22. The second-order valence-corrected chi connectivity index (χ2v) is 2.81. The number of hydrogen-bond acceptors (Lipinski definition) is 2. The van der Waals surface area contributed by atoms with Crippen LogP contribution < -0.4 is 11.1 Å². The molecule has 0 aliphatic heterocycles. The largest absolute Gasteiger partial charge is 0.398 e. The first-order chi connectivity index (χ1) is 8.42. The van der Waals surface area contributed by atoms with E-state index in [1.807, 2.05) is 0 Å². The monoisotopic (exact) mass is 204 g/mol. The SMILES string of the molecule is [2H]C([2H])([2H])NC(=O)c1cc(Cl)cc(C([2H])([2H])[2H])c1N. The molecule has 0 aliphatic rings. The maximum absolute atomic E-state index is 11.7. The first-order valence-corrected chi connectivity index (χ1v) is 3.71. The topological polar surface area (TPSA) is 55.1 Å². The van der Waals surface area contributed by atoms with Crippen LogP contribution in [0.2, 0.25) is 5.02 Å². The molecule has 0 heterocycles. The van der Waals surface area contributed by atoms with Crippen molar-refractivity contribution in [2.24, 2.45) is 0 Å². The van der Waals surface area contributed by atoms with Crippen molar-refractivity contribution in [2.45, 2.75) is 6.85 Å². The molecule has 0 aliphatic carbocycles. The summed E-state index contributed by atoms with van der Waals surface area (Å²) in [7, 11) is 0. The minimum Gasteiger partial charge on any atom is -0.398 e. The van der Waals surface area contributed by atoms with Gasteiger partial charge in [0.15, 0.2) is 0 Å². The van der Waals surface area contributed by atoms with Gasteiger partial charge in [-0.25, -0.2) is 0 Å². The summed E-state index contributed by atoms with van der Waals surface area (Å²) in [6.07, 6.45) is 0. The number of amides is 1. The van der Waals surface area contributed by atoms with Crippen molar-refractivity contribution in [2.75, 3.05) is 12.7 Å². The Hall–Kier alpha value is -1.22. The highest BCUT2D eigenvalue weighted by molar-refractivity contribution is 6.31. The van der Waals surface area contributed by atoms with Gasteiger partial charge in [-0.05, 0) is 24.5 Å². The molecule has 3 nitrogen and oxygen atoms in total. The van der Waals surface area contributed by atoms with Crippen molar-refractivity contribution in [3.8, 4) is 0 Å². The molecule has 0 saturated heterocycles. The van der Waals surface area contributed by atoms with Crippen molar-refractivity contribution in [1.82, 2.24) is 5.32 Å². The lowest BCUT2D eigenvalue weighted by atomic mass is 10.1. The van der Waals surface area contributed by atoms with E-state index in [1.165, 1.54) is 0 Å². The van der Waals surface area contributed by atoms with Gasteiger partial charge >= 0.3 is 0 Å². The van der Waals surface area contributed by atoms with Gasteiger partial charge in [-0.2, -0.15) is 0 Å². The maximum Gasteiger partial charge on any atom is 0.253 e. The summed E-state index contributed by atoms with van der Waals surface area (Å²) < 4.78 is 42.6. The van der Waals surface area contributed by atoms with Crippen molar-refractivity contribution in [3.05, 3.63) is 28.3 Å². The van der Waals surface area contributed by atoms with Crippen molar-refractivity contribution in [3.63, 3.8) is 0 Å². The number of carbonyl (C=O) groups excluding carboxylic acids is 1. The lowest BCUT2D eigenvalue weighted by Gasteiger charge is -2.07. The Kier molecular flexibility index (Phi) is 1.22. The van der Waals surface area contributed by atoms with Crippen LogP contribution >= 0.6 is 11.6 Å². The molecule has 0 spiro atoms. The normalized spacial score (nSPS) is 18.5. The fourth-order valence-corrected chi connectivity index (χ4v) is 1.09. The van der Waals surface area contributed by atoms with Gasteiger partial charge < -0.3 is 11.1 Å². The lowest BCUT2D eigenvalue weighted by Crippen LogP contribution is -2.19. The lowest BCUT2D eigenvalue weighted by molar-refractivity contribution is 0.0964. The fourth-order valence-electron chi connectivity index (χ4n) is 0.873. The summed E-state index contributed by atoms with van der Waals surface area (Å²) >= 11 is 5.72. The van der Waals surface area contributed by atoms with Crippen molar-refractivity contribution < 1.29 is 13.0 Å². The minimum absolute atomic E-state index is 0.0176. The van der Waals surface area contributed by atoms with E-state index >= 15 is 0 Å². The van der Waals surface area contributed by atoms with Crippen LogP contribution in [-0.4, -0.2) is 12.9 Å². The van der Waals surface area contributed by atoms with Gasteiger partial charge in [0, 0.05) is 25.9 Å². The van der Waals surface area contributed by atoms with Crippen LogP contribution in [0.3, 0.4) is 0 Å². The van der Waals surface area contributed by atoms with Crippen LogP contribution in [0, 0.1) is 6.85 Å². The molecule has 0 radical (unpaired) electrons. The average molecular weight is 205 g/mol. The van der Waals surface area contributed by atoms with Gasteiger partial charge in [0.1, 0.15) is 0 Å². The van der Waals surface area contributed by atoms with Crippen LogP contribution in [0.15, 0.2) is 12.1 Å².